The molecule has 2 saturated heterocycles. The smallest absolute Gasteiger partial charge is 0.410 e. The van der Waals surface area contributed by atoms with Gasteiger partial charge in [-0.05, 0) is 31.5 Å². The van der Waals surface area contributed by atoms with Gasteiger partial charge in [0.05, 0.1) is 18.0 Å². The third-order valence-electron chi connectivity index (χ3n) is 5.07. The topological polar surface area (TPSA) is 76.6 Å². The number of carbonyl (C=O) groups is 1. The minimum Gasteiger partial charge on any atom is -0.469 e. The fourth-order valence-corrected chi connectivity index (χ4v) is 3.73. The maximum atomic E-state index is 12.2. The number of halogens is 1. The normalized spacial score (nSPS) is 19.0. The molecule has 0 unspecified atom stereocenters. The van der Waals surface area contributed by atoms with Crippen LogP contribution in [0.2, 0.25) is 0 Å². The van der Waals surface area contributed by atoms with Gasteiger partial charge in [0.25, 0.3) is 0 Å². The van der Waals surface area contributed by atoms with Crippen LogP contribution < -0.4 is 10.1 Å². The van der Waals surface area contributed by atoms with E-state index in [1.807, 2.05) is 30.3 Å². The molecule has 0 spiro atoms. The molecular weight excluding hydrogens is 380 g/mol. The molecule has 28 heavy (non-hydrogen) atoms. The van der Waals surface area contributed by atoms with Crippen LogP contribution in [0.15, 0.2) is 42.7 Å². The van der Waals surface area contributed by atoms with E-state index in [1.165, 1.54) is 0 Å². The SMILES string of the molecule is O=C(OCc1ccccc1)N1CC(Oc2nccnc2C2(Cl)CCNCC2)C1. The highest BCUT2D eigenvalue weighted by molar-refractivity contribution is 6.24. The molecule has 148 valence electrons. The van der Waals surface area contributed by atoms with E-state index in [4.69, 9.17) is 21.1 Å². The Balaban J connectivity index is 1.31. The highest BCUT2D eigenvalue weighted by atomic mass is 35.5. The quantitative estimate of drug-likeness (QED) is 0.775. The standard InChI is InChI=1S/C20H23ClN4O3/c21-20(6-8-22-9-7-20)17-18(24-11-10-23-17)28-16-12-25(13-16)19(26)27-14-15-4-2-1-3-5-15/h1-5,10-11,16,22H,6-9,12-14H2. The minimum atomic E-state index is -0.563. The highest BCUT2D eigenvalue weighted by Gasteiger charge is 2.39. The Bertz CT molecular complexity index is 808. The summed E-state index contributed by atoms with van der Waals surface area (Å²) in [5, 5.41) is 3.30. The van der Waals surface area contributed by atoms with E-state index in [-0.39, 0.29) is 18.8 Å². The number of alkyl halides is 1. The van der Waals surface area contributed by atoms with Crippen molar-refractivity contribution >= 4 is 17.7 Å². The van der Waals surface area contributed by atoms with E-state index in [0.717, 1.165) is 31.5 Å². The number of aromatic nitrogens is 2. The largest absolute Gasteiger partial charge is 0.469 e. The van der Waals surface area contributed by atoms with Gasteiger partial charge in [-0.2, -0.15) is 0 Å². The maximum absolute atomic E-state index is 12.2. The molecule has 1 aromatic heterocycles. The molecule has 2 aromatic rings. The second-order valence-corrected chi connectivity index (χ2v) is 7.83. The van der Waals surface area contributed by atoms with E-state index < -0.39 is 4.87 Å². The number of nitrogens with zero attached hydrogens (tertiary/aromatic N) is 3. The first kappa shape index (κ1) is 19.0. The van der Waals surface area contributed by atoms with E-state index in [0.29, 0.717) is 24.7 Å². The summed E-state index contributed by atoms with van der Waals surface area (Å²) < 4.78 is 11.4. The van der Waals surface area contributed by atoms with Crippen molar-refractivity contribution in [1.82, 2.24) is 20.2 Å². The van der Waals surface area contributed by atoms with E-state index >= 15 is 0 Å². The van der Waals surface area contributed by atoms with Gasteiger partial charge >= 0.3 is 6.09 Å². The Hall–Kier alpha value is -2.38. The second-order valence-electron chi connectivity index (χ2n) is 7.11. The Kier molecular flexibility index (Phi) is 5.64. The summed E-state index contributed by atoms with van der Waals surface area (Å²) in [6.45, 7) is 2.85. The average molecular weight is 403 g/mol. The van der Waals surface area contributed by atoms with Crippen molar-refractivity contribution < 1.29 is 14.3 Å². The molecule has 1 N–H and O–H groups in total. The molecule has 0 aliphatic carbocycles. The molecule has 0 bridgehead atoms. The lowest BCUT2D eigenvalue weighted by molar-refractivity contribution is 0.00575. The van der Waals surface area contributed by atoms with Crippen molar-refractivity contribution in [3.63, 3.8) is 0 Å². The van der Waals surface area contributed by atoms with Crippen LogP contribution in [0.25, 0.3) is 0 Å². The average Bonchev–Trinajstić information content (AvgIpc) is 2.70. The number of amides is 1. The Morgan fingerprint density at radius 3 is 2.64 bits per heavy atom. The number of carbonyl (C=O) groups excluding carboxylic acids is 1. The summed E-state index contributed by atoms with van der Waals surface area (Å²) in [6, 6.07) is 9.61. The molecule has 8 heteroatoms. The van der Waals surface area contributed by atoms with Crippen LogP contribution in [0.4, 0.5) is 4.79 Å². The number of hydrogen-bond donors (Lipinski definition) is 1. The number of ether oxygens (including phenoxy) is 2. The monoisotopic (exact) mass is 402 g/mol. The number of hydrogen-bond acceptors (Lipinski definition) is 6. The predicted molar refractivity (Wildman–Crippen MR) is 104 cm³/mol. The van der Waals surface area contributed by atoms with Gasteiger partial charge in [0.1, 0.15) is 18.4 Å². The third kappa shape index (κ3) is 4.20. The molecule has 0 atom stereocenters. The summed E-state index contributed by atoms with van der Waals surface area (Å²) in [7, 11) is 0. The number of rotatable bonds is 5. The zero-order chi connectivity index (χ0) is 19.4. The summed E-state index contributed by atoms with van der Waals surface area (Å²) >= 11 is 6.82. The molecule has 0 radical (unpaired) electrons. The molecule has 2 fully saturated rings. The van der Waals surface area contributed by atoms with Crippen LogP contribution in [0.5, 0.6) is 5.88 Å². The van der Waals surface area contributed by atoms with Gasteiger partial charge in [-0.25, -0.2) is 9.78 Å². The van der Waals surface area contributed by atoms with Crippen molar-refractivity contribution in [2.45, 2.75) is 30.4 Å². The van der Waals surface area contributed by atoms with Crippen molar-refractivity contribution in [1.29, 1.82) is 0 Å². The number of benzene rings is 1. The van der Waals surface area contributed by atoms with Crippen molar-refractivity contribution in [3.8, 4) is 5.88 Å². The molecule has 1 amide bonds. The fraction of sp³-hybridized carbons (Fsp3) is 0.450. The molecule has 4 rings (SSSR count). The van der Waals surface area contributed by atoms with Gasteiger partial charge < -0.3 is 19.7 Å². The lowest BCUT2D eigenvalue weighted by Crippen LogP contribution is -2.56. The van der Waals surface area contributed by atoms with Crippen LogP contribution in [0, 0.1) is 0 Å². The van der Waals surface area contributed by atoms with Crippen molar-refractivity contribution in [2.75, 3.05) is 26.2 Å². The molecule has 1 aromatic carbocycles. The number of piperidine rings is 1. The molecule has 7 nitrogen and oxygen atoms in total. The maximum Gasteiger partial charge on any atom is 0.410 e. The van der Waals surface area contributed by atoms with Crippen LogP contribution in [0.1, 0.15) is 24.1 Å². The lowest BCUT2D eigenvalue weighted by Gasteiger charge is -2.38. The lowest BCUT2D eigenvalue weighted by atomic mass is 9.93. The molecular formula is C20H23ClN4O3. The van der Waals surface area contributed by atoms with E-state index in [9.17, 15) is 4.79 Å². The minimum absolute atomic E-state index is 0.137. The fourth-order valence-electron chi connectivity index (χ4n) is 3.41. The van der Waals surface area contributed by atoms with Gasteiger partial charge in [-0.3, -0.25) is 4.98 Å². The zero-order valence-corrected chi connectivity index (χ0v) is 16.3. The van der Waals surface area contributed by atoms with Crippen molar-refractivity contribution in [3.05, 3.63) is 54.0 Å². The van der Waals surface area contributed by atoms with Crippen LogP contribution in [-0.4, -0.2) is 53.2 Å². The Morgan fingerprint density at radius 2 is 1.89 bits per heavy atom. The summed E-state index contributed by atoms with van der Waals surface area (Å²) in [6.07, 6.45) is 4.31. The summed E-state index contributed by atoms with van der Waals surface area (Å²) in [4.78, 5) is 22.0. The van der Waals surface area contributed by atoms with Gasteiger partial charge in [0, 0.05) is 12.4 Å². The number of nitrogens with one attached hydrogen (secondary N) is 1. The first-order chi connectivity index (χ1) is 13.6. The molecule has 2 aliphatic rings. The third-order valence-corrected chi connectivity index (χ3v) is 5.63. The van der Waals surface area contributed by atoms with Gasteiger partial charge in [0.2, 0.25) is 5.88 Å². The Labute approximate surface area is 169 Å². The van der Waals surface area contributed by atoms with Crippen molar-refractivity contribution in [2.24, 2.45) is 0 Å². The van der Waals surface area contributed by atoms with Crippen LogP contribution in [-0.2, 0) is 16.2 Å². The number of likely N-dealkylation sites (tertiary alicyclic amines) is 1. The van der Waals surface area contributed by atoms with Gasteiger partial charge in [0.15, 0.2) is 0 Å². The Morgan fingerprint density at radius 1 is 1.18 bits per heavy atom. The van der Waals surface area contributed by atoms with Crippen LogP contribution >= 0.6 is 11.6 Å². The van der Waals surface area contributed by atoms with Gasteiger partial charge in [-0.15, -0.1) is 11.6 Å². The second kappa shape index (κ2) is 8.32. The van der Waals surface area contributed by atoms with Crippen LogP contribution in [0.3, 0.4) is 0 Å². The zero-order valence-electron chi connectivity index (χ0n) is 15.5. The summed E-state index contributed by atoms with van der Waals surface area (Å²) in [5.74, 6) is 0.460. The molecule has 2 aliphatic heterocycles. The van der Waals surface area contributed by atoms with E-state index in [2.05, 4.69) is 15.3 Å². The van der Waals surface area contributed by atoms with E-state index in [1.54, 1.807) is 17.3 Å². The van der Waals surface area contributed by atoms with Gasteiger partial charge in [-0.1, -0.05) is 30.3 Å². The molecule has 3 heterocycles. The highest BCUT2D eigenvalue weighted by Crippen LogP contribution is 2.40. The molecule has 0 saturated carbocycles. The first-order valence-electron chi connectivity index (χ1n) is 9.47. The summed E-state index contributed by atoms with van der Waals surface area (Å²) in [5.41, 5.74) is 1.64. The first-order valence-corrected chi connectivity index (χ1v) is 9.85. The predicted octanol–water partition coefficient (Wildman–Crippen LogP) is 2.69.